The number of benzene rings is 1. The minimum atomic E-state index is -4.75. The van der Waals surface area contributed by atoms with E-state index in [4.69, 9.17) is 10.5 Å². The van der Waals surface area contributed by atoms with E-state index in [2.05, 4.69) is 0 Å². The Morgan fingerprint density at radius 1 is 1.24 bits per heavy atom. The van der Waals surface area contributed by atoms with Crippen LogP contribution in [-0.2, 0) is 4.79 Å². The van der Waals surface area contributed by atoms with E-state index < -0.39 is 18.4 Å². The molecule has 1 rings (SSSR count). The predicted octanol–water partition coefficient (Wildman–Crippen LogP) is 2.56. The highest BCUT2D eigenvalue weighted by Gasteiger charge is 2.37. The van der Waals surface area contributed by atoms with Gasteiger partial charge in [-0.15, -0.1) is 0 Å². The van der Waals surface area contributed by atoms with Crippen LogP contribution in [0.1, 0.15) is 12.8 Å². The summed E-state index contributed by atoms with van der Waals surface area (Å²) in [6.45, 7) is 0.0612. The average Bonchev–Trinajstić information content (AvgIpc) is 2.25. The maximum absolute atomic E-state index is 11.8. The summed E-state index contributed by atoms with van der Waals surface area (Å²) in [5.41, 5.74) is 6.02. The fourth-order valence-electron chi connectivity index (χ4n) is 1.13. The Labute approximate surface area is 96.4 Å². The molecule has 1 aromatic carbocycles. The number of hydrogen-bond donors (Lipinski definition) is 1. The molecule has 0 aliphatic heterocycles. The molecule has 0 aliphatic carbocycles. The summed E-state index contributed by atoms with van der Waals surface area (Å²) in [6.07, 6.45) is -5.28. The highest BCUT2D eigenvalue weighted by atomic mass is 19.4. The Hall–Kier alpha value is -1.72. The van der Waals surface area contributed by atoms with Gasteiger partial charge < -0.3 is 10.5 Å². The fourth-order valence-corrected chi connectivity index (χ4v) is 1.13. The number of ether oxygens (including phenoxy) is 1. The number of carbonyl (C=O) groups is 1. The zero-order valence-electron chi connectivity index (χ0n) is 8.96. The second-order valence-corrected chi connectivity index (χ2v) is 3.44. The van der Waals surface area contributed by atoms with Crippen LogP contribution in [-0.4, -0.2) is 18.6 Å². The number of Topliss-reactive ketones (excluding diaryl/α,β-unsaturated/α-hetero) is 1. The Bertz CT molecular complexity index is 373. The fraction of sp³-hybridized carbons (Fsp3) is 0.364. The third-order valence-corrected chi connectivity index (χ3v) is 2.01. The first kappa shape index (κ1) is 13.3. The number of rotatable bonds is 5. The van der Waals surface area contributed by atoms with Crippen molar-refractivity contribution in [3.8, 4) is 5.75 Å². The van der Waals surface area contributed by atoms with Gasteiger partial charge in [-0.2, -0.15) is 13.2 Å². The number of carbonyl (C=O) groups excluding carboxylic acids is 1. The van der Waals surface area contributed by atoms with Crippen LogP contribution in [0.15, 0.2) is 24.3 Å². The Morgan fingerprint density at radius 2 is 1.82 bits per heavy atom. The van der Waals surface area contributed by atoms with Crippen molar-refractivity contribution in [2.45, 2.75) is 19.0 Å². The van der Waals surface area contributed by atoms with Crippen LogP contribution in [0.5, 0.6) is 5.75 Å². The lowest BCUT2D eigenvalue weighted by molar-refractivity contribution is -0.171. The van der Waals surface area contributed by atoms with E-state index in [0.29, 0.717) is 11.4 Å². The van der Waals surface area contributed by atoms with E-state index in [0.717, 1.165) is 0 Å². The zero-order chi connectivity index (χ0) is 12.9. The lowest BCUT2D eigenvalue weighted by Crippen LogP contribution is -2.22. The first-order valence-electron chi connectivity index (χ1n) is 4.98. The molecule has 0 heterocycles. The molecule has 17 heavy (non-hydrogen) atoms. The van der Waals surface area contributed by atoms with Gasteiger partial charge >= 0.3 is 6.18 Å². The molecule has 3 nitrogen and oxygen atoms in total. The van der Waals surface area contributed by atoms with Gasteiger partial charge in [0.25, 0.3) is 0 Å². The molecule has 2 N–H and O–H groups in total. The molecule has 94 valence electrons. The van der Waals surface area contributed by atoms with Crippen molar-refractivity contribution < 1.29 is 22.7 Å². The second-order valence-electron chi connectivity index (χ2n) is 3.44. The van der Waals surface area contributed by atoms with Crippen LogP contribution < -0.4 is 10.5 Å². The van der Waals surface area contributed by atoms with Gasteiger partial charge in [0, 0.05) is 12.1 Å². The van der Waals surface area contributed by atoms with Crippen molar-refractivity contribution in [3.05, 3.63) is 24.3 Å². The van der Waals surface area contributed by atoms with Crippen LogP contribution in [0.3, 0.4) is 0 Å². The van der Waals surface area contributed by atoms with Crippen LogP contribution in [0, 0.1) is 0 Å². The van der Waals surface area contributed by atoms with Gasteiger partial charge in [-0.3, -0.25) is 4.79 Å². The Kier molecular flexibility index (Phi) is 4.37. The summed E-state index contributed by atoms with van der Waals surface area (Å²) >= 11 is 0. The molecule has 1 aromatic rings. The highest BCUT2D eigenvalue weighted by Crippen LogP contribution is 2.19. The van der Waals surface area contributed by atoms with E-state index in [1.165, 1.54) is 0 Å². The molecule has 0 saturated carbocycles. The van der Waals surface area contributed by atoms with Crippen molar-refractivity contribution in [1.82, 2.24) is 0 Å². The van der Waals surface area contributed by atoms with Gasteiger partial charge in [0.2, 0.25) is 5.78 Å². The number of nitrogen functional groups attached to an aromatic ring is 1. The number of hydrogen-bond acceptors (Lipinski definition) is 3. The maximum Gasteiger partial charge on any atom is 0.449 e. The first-order valence-corrected chi connectivity index (χ1v) is 4.98. The zero-order valence-corrected chi connectivity index (χ0v) is 8.96. The largest absolute Gasteiger partial charge is 0.494 e. The van der Waals surface area contributed by atoms with Crippen LogP contribution in [0.25, 0.3) is 0 Å². The van der Waals surface area contributed by atoms with Gasteiger partial charge in [0.05, 0.1) is 6.61 Å². The smallest absolute Gasteiger partial charge is 0.449 e. The summed E-state index contributed by atoms with van der Waals surface area (Å²) in [4.78, 5) is 10.5. The van der Waals surface area contributed by atoms with Gasteiger partial charge in [-0.25, -0.2) is 0 Å². The summed E-state index contributed by atoms with van der Waals surface area (Å²) in [6, 6.07) is 6.47. The lowest BCUT2D eigenvalue weighted by Gasteiger charge is -2.07. The normalized spacial score (nSPS) is 11.2. The van der Waals surface area contributed by atoms with Crippen molar-refractivity contribution in [3.63, 3.8) is 0 Å². The highest BCUT2D eigenvalue weighted by molar-refractivity contribution is 5.83. The second kappa shape index (κ2) is 5.56. The standard InChI is InChI=1S/C11H12F3NO2/c12-11(13,14)10(16)2-1-7-17-9-5-3-8(15)4-6-9/h3-6H,1-2,7,15H2. The third kappa shape index (κ3) is 4.76. The molecule has 0 atom stereocenters. The van der Waals surface area contributed by atoms with Crippen LogP contribution in [0.4, 0.5) is 18.9 Å². The Balaban J connectivity index is 2.25. The third-order valence-electron chi connectivity index (χ3n) is 2.01. The molecule has 0 fully saturated rings. The Morgan fingerprint density at radius 3 is 2.35 bits per heavy atom. The molecule has 0 spiro atoms. The van der Waals surface area contributed by atoms with Crippen molar-refractivity contribution in [1.29, 1.82) is 0 Å². The summed E-state index contributed by atoms with van der Waals surface area (Å²) in [5, 5.41) is 0. The van der Waals surface area contributed by atoms with E-state index in [1.807, 2.05) is 0 Å². The minimum absolute atomic E-state index is 0.0305. The van der Waals surface area contributed by atoms with Crippen LogP contribution in [0.2, 0.25) is 0 Å². The number of anilines is 1. The van der Waals surface area contributed by atoms with Gasteiger partial charge in [0.1, 0.15) is 5.75 Å². The molecule has 0 amide bonds. The molecule has 0 aromatic heterocycles. The quantitative estimate of drug-likeness (QED) is 0.642. The number of ketones is 1. The molecule has 0 unspecified atom stereocenters. The molecule has 6 heteroatoms. The number of halogens is 3. The van der Waals surface area contributed by atoms with E-state index in [9.17, 15) is 18.0 Å². The summed E-state index contributed by atoms with van der Waals surface area (Å²) in [5.74, 6) is -1.21. The number of nitrogens with two attached hydrogens (primary N) is 1. The summed E-state index contributed by atoms with van der Waals surface area (Å²) in [7, 11) is 0. The molecule has 0 aliphatic rings. The van der Waals surface area contributed by atoms with Crippen molar-refractivity contribution in [2.24, 2.45) is 0 Å². The lowest BCUT2D eigenvalue weighted by atomic mass is 10.2. The molecular formula is C11H12F3NO2. The SMILES string of the molecule is Nc1ccc(OCCCC(=O)C(F)(F)F)cc1. The number of alkyl halides is 3. The van der Waals surface area contributed by atoms with Gasteiger partial charge in [-0.05, 0) is 30.7 Å². The average molecular weight is 247 g/mol. The minimum Gasteiger partial charge on any atom is -0.494 e. The van der Waals surface area contributed by atoms with Crippen LogP contribution >= 0.6 is 0 Å². The van der Waals surface area contributed by atoms with Crippen molar-refractivity contribution >= 4 is 11.5 Å². The van der Waals surface area contributed by atoms with Crippen molar-refractivity contribution in [2.75, 3.05) is 12.3 Å². The summed E-state index contributed by atoms with van der Waals surface area (Å²) < 4.78 is 40.7. The molecular weight excluding hydrogens is 235 g/mol. The van der Waals surface area contributed by atoms with E-state index in [1.54, 1.807) is 24.3 Å². The monoisotopic (exact) mass is 247 g/mol. The van der Waals surface area contributed by atoms with Gasteiger partial charge in [-0.1, -0.05) is 0 Å². The topological polar surface area (TPSA) is 52.3 Å². The molecule has 0 radical (unpaired) electrons. The molecule has 0 saturated heterocycles. The predicted molar refractivity (Wildman–Crippen MR) is 56.6 cm³/mol. The maximum atomic E-state index is 11.8. The van der Waals surface area contributed by atoms with Gasteiger partial charge in [0.15, 0.2) is 0 Å². The first-order chi connectivity index (χ1) is 7.89. The molecule has 0 bridgehead atoms. The van der Waals surface area contributed by atoms with E-state index in [-0.39, 0.29) is 13.0 Å². The van der Waals surface area contributed by atoms with E-state index >= 15 is 0 Å².